The van der Waals surface area contributed by atoms with E-state index in [1.807, 2.05) is 0 Å². The molecule has 0 atom stereocenters. The van der Waals surface area contributed by atoms with E-state index in [2.05, 4.69) is 10.5 Å². The minimum absolute atomic E-state index is 0. The van der Waals surface area contributed by atoms with Crippen molar-refractivity contribution in [3.63, 3.8) is 0 Å². The van der Waals surface area contributed by atoms with Gasteiger partial charge in [-0.2, -0.15) is 13.5 Å². The number of anilines is 1. The molecule has 7 nitrogen and oxygen atoms in total. The number of aromatic hydroxyl groups is 1. The first-order chi connectivity index (χ1) is 10.4. The summed E-state index contributed by atoms with van der Waals surface area (Å²) in [7, 11) is -2.76. The quantitative estimate of drug-likeness (QED) is 0.276. The number of ether oxygens (including phenoxy) is 1. The maximum Gasteiger partial charge on any atom is 1.00 e. The summed E-state index contributed by atoms with van der Waals surface area (Å²) >= 11 is 0. The normalized spacial score (nSPS) is 11.0. The zero-order valence-corrected chi connectivity index (χ0v) is 16.5. The monoisotopic (exact) mass is 361 g/mol. The topological polar surface area (TPSA) is 108 Å². The second kappa shape index (κ2) is 8.78. The number of nitrogens with zero attached hydrogens (tertiary/aromatic N) is 1. The molecule has 0 heterocycles. The number of hydrogen-bond acceptors (Lipinski definition) is 6. The van der Waals surface area contributed by atoms with Crippen molar-refractivity contribution in [1.29, 1.82) is 0 Å². The van der Waals surface area contributed by atoms with E-state index in [0.29, 0.717) is 17.0 Å². The summed E-state index contributed by atoms with van der Waals surface area (Å²) in [4.78, 5) is -0.201. The van der Waals surface area contributed by atoms with Gasteiger partial charge >= 0.3 is 51.4 Å². The molecule has 0 bridgehead atoms. The molecule has 0 radical (unpaired) electrons. The largest absolute Gasteiger partial charge is 1.00 e. The Balaban J connectivity index is 0.00000264. The molecular formula is C14H14KN2O5S+. The van der Waals surface area contributed by atoms with Gasteiger partial charge in [0.1, 0.15) is 0 Å². The number of nitrogens with one attached hydrogen (secondary N) is 1. The second-order valence-corrected chi connectivity index (χ2v) is 5.69. The summed E-state index contributed by atoms with van der Waals surface area (Å²) in [5.41, 5.74) is 3.66. The van der Waals surface area contributed by atoms with E-state index in [9.17, 15) is 13.5 Å². The SMILES string of the molecule is COc1cccc(/C=N/Nc2ccc(S(=O)(=O)O)cc2)c1O.[K+]. The van der Waals surface area contributed by atoms with E-state index in [-0.39, 0.29) is 62.0 Å². The molecule has 0 saturated heterocycles. The predicted octanol–water partition coefficient (Wildman–Crippen LogP) is -0.902. The van der Waals surface area contributed by atoms with Gasteiger partial charge < -0.3 is 9.84 Å². The van der Waals surface area contributed by atoms with Crippen molar-refractivity contribution in [2.24, 2.45) is 5.10 Å². The molecule has 0 unspecified atom stereocenters. The first-order valence-electron chi connectivity index (χ1n) is 6.14. The third kappa shape index (κ3) is 5.57. The van der Waals surface area contributed by atoms with Crippen molar-refractivity contribution in [3.05, 3.63) is 48.0 Å². The second-order valence-electron chi connectivity index (χ2n) is 4.27. The average Bonchev–Trinajstić information content (AvgIpc) is 2.48. The van der Waals surface area contributed by atoms with Crippen molar-refractivity contribution in [2.75, 3.05) is 12.5 Å². The molecule has 23 heavy (non-hydrogen) atoms. The first-order valence-corrected chi connectivity index (χ1v) is 7.58. The molecular weight excluding hydrogens is 347 g/mol. The zero-order valence-electron chi connectivity index (χ0n) is 12.6. The van der Waals surface area contributed by atoms with Crippen LogP contribution in [0.2, 0.25) is 0 Å². The van der Waals surface area contributed by atoms with Crippen LogP contribution >= 0.6 is 0 Å². The van der Waals surface area contributed by atoms with Gasteiger partial charge in [0.15, 0.2) is 11.5 Å². The van der Waals surface area contributed by atoms with Crippen LogP contribution in [0.3, 0.4) is 0 Å². The van der Waals surface area contributed by atoms with Gasteiger partial charge in [-0.3, -0.25) is 9.98 Å². The van der Waals surface area contributed by atoms with Gasteiger partial charge in [-0.15, -0.1) is 0 Å². The van der Waals surface area contributed by atoms with Crippen molar-refractivity contribution < 1.29 is 74.2 Å². The smallest absolute Gasteiger partial charge is 0.504 e. The molecule has 0 saturated carbocycles. The number of para-hydroxylation sites is 1. The minimum Gasteiger partial charge on any atom is -0.504 e. The summed E-state index contributed by atoms with van der Waals surface area (Å²) in [5, 5.41) is 13.8. The van der Waals surface area contributed by atoms with Gasteiger partial charge in [0.2, 0.25) is 0 Å². The number of methoxy groups -OCH3 is 1. The van der Waals surface area contributed by atoms with Crippen LogP contribution in [0.1, 0.15) is 5.56 Å². The first kappa shape index (κ1) is 20.1. The summed E-state index contributed by atoms with van der Waals surface area (Å²) in [6.45, 7) is 0. The van der Waals surface area contributed by atoms with E-state index < -0.39 is 10.1 Å². The average molecular weight is 361 g/mol. The van der Waals surface area contributed by atoms with Crippen LogP contribution in [0.4, 0.5) is 5.69 Å². The van der Waals surface area contributed by atoms with Gasteiger partial charge in [-0.1, -0.05) is 6.07 Å². The van der Waals surface area contributed by atoms with E-state index in [1.54, 1.807) is 18.2 Å². The Morgan fingerprint density at radius 2 is 1.83 bits per heavy atom. The number of phenolic OH excluding ortho intramolecular Hbond substituents is 1. The third-order valence-electron chi connectivity index (χ3n) is 2.80. The van der Waals surface area contributed by atoms with Crippen LogP contribution in [0.5, 0.6) is 11.5 Å². The summed E-state index contributed by atoms with van der Waals surface area (Å²) < 4.78 is 35.7. The maximum absolute atomic E-state index is 10.9. The number of phenols is 1. The van der Waals surface area contributed by atoms with Crippen LogP contribution in [0.15, 0.2) is 52.5 Å². The fourth-order valence-electron chi connectivity index (χ4n) is 1.69. The number of hydrogen-bond donors (Lipinski definition) is 3. The molecule has 2 aromatic rings. The van der Waals surface area contributed by atoms with Gasteiger partial charge in [0.05, 0.1) is 23.9 Å². The van der Waals surface area contributed by atoms with E-state index >= 15 is 0 Å². The van der Waals surface area contributed by atoms with Crippen LogP contribution in [-0.2, 0) is 10.1 Å². The molecule has 0 spiro atoms. The molecule has 0 fully saturated rings. The standard InChI is InChI=1S/C14H14N2O5S.K/c1-21-13-4-2-3-10(14(13)17)9-15-16-11-5-7-12(8-6-11)22(18,19)20;/h2-9,16-17H,1H3,(H,18,19,20);/q;+1/b15-9+;. The molecule has 3 N–H and O–H groups in total. The minimum atomic E-state index is -4.21. The molecule has 0 aliphatic carbocycles. The summed E-state index contributed by atoms with van der Waals surface area (Å²) in [6.07, 6.45) is 1.40. The fourth-order valence-corrected chi connectivity index (χ4v) is 2.17. The zero-order chi connectivity index (χ0) is 16.2. The van der Waals surface area contributed by atoms with Crippen LogP contribution in [0, 0.1) is 0 Å². The summed E-state index contributed by atoms with van der Waals surface area (Å²) in [5.74, 6) is 0.304. The van der Waals surface area contributed by atoms with Crippen molar-refractivity contribution in [1.82, 2.24) is 0 Å². The van der Waals surface area contributed by atoms with Gasteiger partial charge in [0.25, 0.3) is 10.1 Å². The van der Waals surface area contributed by atoms with Crippen molar-refractivity contribution >= 4 is 22.0 Å². The van der Waals surface area contributed by atoms with E-state index in [1.165, 1.54) is 37.6 Å². The number of benzene rings is 2. The van der Waals surface area contributed by atoms with Gasteiger partial charge in [0, 0.05) is 5.56 Å². The van der Waals surface area contributed by atoms with E-state index in [0.717, 1.165) is 0 Å². The van der Waals surface area contributed by atoms with Crippen molar-refractivity contribution in [3.8, 4) is 11.5 Å². The molecule has 0 aliphatic rings. The Labute approximate surface area is 176 Å². The van der Waals surface area contributed by atoms with Gasteiger partial charge in [-0.25, -0.2) is 0 Å². The van der Waals surface area contributed by atoms with E-state index in [4.69, 9.17) is 9.29 Å². The molecule has 0 aromatic heterocycles. The molecule has 0 amide bonds. The van der Waals surface area contributed by atoms with Crippen molar-refractivity contribution in [2.45, 2.75) is 4.90 Å². The van der Waals surface area contributed by atoms with Crippen LogP contribution in [0.25, 0.3) is 0 Å². The van der Waals surface area contributed by atoms with Gasteiger partial charge in [-0.05, 0) is 36.4 Å². The molecule has 0 aliphatic heterocycles. The predicted molar refractivity (Wildman–Crippen MR) is 82.1 cm³/mol. The molecule has 2 aromatic carbocycles. The Morgan fingerprint density at radius 1 is 1.17 bits per heavy atom. The maximum atomic E-state index is 10.9. The third-order valence-corrected chi connectivity index (χ3v) is 3.67. The summed E-state index contributed by atoms with van der Waals surface area (Å²) in [6, 6.07) is 10.4. The van der Waals surface area contributed by atoms with Crippen LogP contribution < -0.4 is 61.5 Å². The number of rotatable bonds is 5. The Morgan fingerprint density at radius 3 is 2.39 bits per heavy atom. The fraction of sp³-hybridized carbons (Fsp3) is 0.0714. The molecule has 9 heteroatoms. The molecule has 2 rings (SSSR count). The Bertz CT molecular complexity index is 791. The Kier molecular flexibility index (Phi) is 7.68. The van der Waals surface area contributed by atoms with Crippen LogP contribution in [-0.4, -0.2) is 31.4 Å². The Hall–Kier alpha value is -0.944. The molecule has 116 valence electrons. The number of hydrazone groups is 1.